The topological polar surface area (TPSA) is 85.6 Å². The molecule has 0 spiro atoms. The van der Waals surface area contributed by atoms with Crippen LogP contribution in [0.3, 0.4) is 0 Å². The van der Waals surface area contributed by atoms with Gasteiger partial charge < -0.3 is 10.1 Å². The first kappa shape index (κ1) is 18.1. The summed E-state index contributed by atoms with van der Waals surface area (Å²) in [7, 11) is 0. The van der Waals surface area contributed by atoms with Gasteiger partial charge >= 0.3 is 0 Å². The molecule has 1 N–H and O–H groups in total. The Labute approximate surface area is 167 Å². The summed E-state index contributed by atoms with van der Waals surface area (Å²) < 4.78 is 15.8. The van der Waals surface area contributed by atoms with Gasteiger partial charge in [-0.3, -0.25) is 0 Å². The van der Waals surface area contributed by atoms with Crippen molar-refractivity contribution in [3.05, 3.63) is 29.8 Å². The summed E-state index contributed by atoms with van der Waals surface area (Å²) in [4.78, 5) is 24.9. The van der Waals surface area contributed by atoms with Gasteiger partial charge in [-0.2, -0.15) is 5.10 Å². The highest BCUT2D eigenvalue weighted by molar-refractivity contribution is 5.89. The normalized spacial score (nSPS) is 20.7. The summed E-state index contributed by atoms with van der Waals surface area (Å²) in [6, 6.07) is 1.08. The van der Waals surface area contributed by atoms with Gasteiger partial charge in [-0.1, -0.05) is 26.7 Å². The predicted molar refractivity (Wildman–Crippen MR) is 107 cm³/mol. The van der Waals surface area contributed by atoms with Gasteiger partial charge in [0.2, 0.25) is 0 Å². The highest BCUT2D eigenvalue weighted by Crippen LogP contribution is 2.39. The van der Waals surface area contributed by atoms with Crippen LogP contribution in [-0.4, -0.2) is 37.1 Å². The van der Waals surface area contributed by atoms with Gasteiger partial charge in [0.25, 0.3) is 0 Å². The number of rotatable bonds is 4. The third kappa shape index (κ3) is 2.89. The molecule has 150 valence electrons. The molecule has 1 fully saturated rings. The molecule has 29 heavy (non-hydrogen) atoms. The fourth-order valence-corrected chi connectivity index (χ4v) is 4.54. The average molecular weight is 394 g/mol. The lowest BCUT2D eigenvalue weighted by Crippen LogP contribution is -2.34. The lowest BCUT2D eigenvalue weighted by Gasteiger charge is -2.21. The van der Waals surface area contributed by atoms with Crippen molar-refractivity contribution in [3.8, 4) is 11.5 Å². The van der Waals surface area contributed by atoms with Crippen LogP contribution in [0.25, 0.3) is 22.6 Å². The Morgan fingerprint density at radius 3 is 2.83 bits per heavy atom. The van der Waals surface area contributed by atoms with Crippen LogP contribution in [-0.2, 0) is 16.8 Å². The molecular formula is C21H23FN6O. The van der Waals surface area contributed by atoms with Crippen LogP contribution in [0.15, 0.2) is 18.5 Å². The molecule has 1 atom stereocenters. The van der Waals surface area contributed by atoms with E-state index in [0.29, 0.717) is 34.3 Å². The average Bonchev–Trinajstić information content (AvgIpc) is 3.39. The zero-order chi connectivity index (χ0) is 20.2. The van der Waals surface area contributed by atoms with E-state index in [0.717, 1.165) is 18.4 Å². The number of halogens is 1. The maximum atomic E-state index is 14.0. The summed E-state index contributed by atoms with van der Waals surface area (Å²) >= 11 is 0. The van der Waals surface area contributed by atoms with Crippen LogP contribution in [0.5, 0.6) is 0 Å². The Hall–Kier alpha value is -2.90. The predicted octanol–water partition coefficient (Wildman–Crippen LogP) is 3.49. The number of anilines is 1. The van der Waals surface area contributed by atoms with Gasteiger partial charge in [0.05, 0.1) is 17.6 Å². The fraction of sp³-hybridized carbons (Fsp3) is 0.476. The fourth-order valence-electron chi connectivity index (χ4n) is 4.54. The van der Waals surface area contributed by atoms with E-state index >= 15 is 0 Å². The molecule has 2 aliphatic rings. The molecule has 0 saturated heterocycles. The minimum absolute atomic E-state index is 0.363. The number of hydrogen-bond donors (Lipinski definition) is 1. The number of hydrogen-bond acceptors (Lipinski definition) is 6. The monoisotopic (exact) mass is 394 g/mol. The van der Waals surface area contributed by atoms with E-state index in [1.165, 1.54) is 37.9 Å². The van der Waals surface area contributed by atoms with Crippen molar-refractivity contribution in [3.63, 3.8) is 0 Å². The maximum Gasteiger partial charge on any atom is 0.182 e. The van der Waals surface area contributed by atoms with Crippen molar-refractivity contribution < 1.29 is 9.18 Å². The van der Waals surface area contributed by atoms with Gasteiger partial charge in [-0.25, -0.2) is 24.0 Å². The summed E-state index contributed by atoms with van der Waals surface area (Å²) in [6.45, 7) is 4.73. The summed E-state index contributed by atoms with van der Waals surface area (Å²) in [5, 5.41) is 8.50. The minimum atomic E-state index is -0.416. The van der Waals surface area contributed by atoms with Gasteiger partial charge in [-0.15, -0.1) is 0 Å². The molecule has 3 aromatic heterocycles. The summed E-state index contributed by atoms with van der Waals surface area (Å²) in [5.74, 6) is 1.18. The van der Waals surface area contributed by atoms with E-state index in [4.69, 9.17) is 5.10 Å². The summed E-state index contributed by atoms with van der Waals surface area (Å²) in [6.07, 6.45) is 8.70. The van der Waals surface area contributed by atoms with Crippen LogP contribution in [0.2, 0.25) is 0 Å². The number of aldehydes is 1. The van der Waals surface area contributed by atoms with E-state index in [9.17, 15) is 9.18 Å². The summed E-state index contributed by atoms with van der Waals surface area (Å²) in [5.41, 5.74) is 1.66. The zero-order valence-corrected chi connectivity index (χ0v) is 16.5. The lowest BCUT2D eigenvalue weighted by molar-refractivity contribution is -0.109. The Kier molecular flexibility index (Phi) is 4.11. The molecule has 1 unspecified atom stereocenters. The smallest absolute Gasteiger partial charge is 0.182 e. The van der Waals surface area contributed by atoms with Crippen molar-refractivity contribution in [1.29, 1.82) is 0 Å². The molecule has 0 amide bonds. The van der Waals surface area contributed by atoms with E-state index in [1.807, 2.05) is 18.5 Å². The number of nitrogens with zero attached hydrogens (tertiary/aromatic N) is 5. The highest BCUT2D eigenvalue weighted by atomic mass is 19.1. The molecule has 8 heteroatoms. The number of pyridine rings is 1. The molecule has 0 bridgehead atoms. The zero-order valence-electron chi connectivity index (χ0n) is 16.5. The second-order valence-electron chi connectivity index (χ2n) is 8.64. The number of aromatic nitrogens is 5. The van der Waals surface area contributed by atoms with E-state index < -0.39 is 11.2 Å². The van der Waals surface area contributed by atoms with Gasteiger partial charge in [0.1, 0.15) is 23.6 Å². The van der Waals surface area contributed by atoms with E-state index in [-0.39, 0.29) is 6.04 Å². The van der Waals surface area contributed by atoms with E-state index in [2.05, 4.69) is 20.3 Å². The lowest BCUT2D eigenvalue weighted by atomic mass is 9.82. The number of nitrogens with one attached hydrogen (secondary N) is 1. The largest absolute Gasteiger partial charge is 0.359 e. The van der Waals surface area contributed by atoms with Gasteiger partial charge in [-0.05, 0) is 24.8 Å². The maximum absolute atomic E-state index is 14.0. The van der Waals surface area contributed by atoms with Crippen LogP contribution in [0, 0.1) is 11.7 Å². The second kappa shape index (κ2) is 6.57. The standard InChI is InChI=1S/C21H23FN6O/c1-21(2)15-9-23-19(26-18(15)25-16(21)11-29)17-14-7-13(22)8-24-20(14)28(27-17)10-12-5-3-4-6-12/h7-9,11-12,16H,3-6,10H2,1-2H3,(H,23,25,26). The van der Waals surface area contributed by atoms with E-state index in [1.54, 1.807) is 6.20 Å². The van der Waals surface area contributed by atoms with Gasteiger partial charge in [0, 0.05) is 23.7 Å². The van der Waals surface area contributed by atoms with Crippen LogP contribution in [0.1, 0.15) is 45.1 Å². The molecule has 1 saturated carbocycles. The molecule has 1 aliphatic carbocycles. The molecule has 3 aromatic rings. The van der Waals surface area contributed by atoms with Crippen LogP contribution < -0.4 is 5.32 Å². The van der Waals surface area contributed by atoms with Crippen molar-refractivity contribution >= 4 is 23.1 Å². The van der Waals surface area contributed by atoms with Gasteiger partial charge in [0.15, 0.2) is 11.5 Å². The third-order valence-electron chi connectivity index (χ3n) is 6.36. The molecule has 0 radical (unpaired) electrons. The Balaban J connectivity index is 1.60. The SMILES string of the molecule is CC1(C)c2cnc(-c3nn(CC4CCCC4)c4ncc(F)cc34)nc2NC1C=O. The molecule has 4 heterocycles. The van der Waals surface area contributed by atoms with Crippen molar-refractivity contribution in [1.82, 2.24) is 24.7 Å². The second-order valence-corrected chi connectivity index (χ2v) is 8.64. The Morgan fingerprint density at radius 2 is 2.07 bits per heavy atom. The van der Waals surface area contributed by atoms with Crippen molar-refractivity contribution in [2.45, 2.75) is 57.5 Å². The molecule has 7 nitrogen and oxygen atoms in total. The van der Waals surface area contributed by atoms with Crippen LogP contribution >= 0.6 is 0 Å². The minimum Gasteiger partial charge on any atom is -0.359 e. The molecular weight excluding hydrogens is 371 g/mol. The molecule has 0 aromatic carbocycles. The third-order valence-corrected chi connectivity index (χ3v) is 6.36. The van der Waals surface area contributed by atoms with Crippen LogP contribution in [0.4, 0.5) is 10.2 Å². The first-order valence-electron chi connectivity index (χ1n) is 10.1. The number of carbonyl (C=O) groups excluding carboxylic acids is 1. The molecule has 1 aliphatic heterocycles. The quantitative estimate of drug-likeness (QED) is 0.682. The molecule has 5 rings (SSSR count). The number of carbonyl (C=O) groups is 1. The first-order chi connectivity index (χ1) is 14.0. The highest BCUT2D eigenvalue weighted by Gasteiger charge is 2.40. The first-order valence-corrected chi connectivity index (χ1v) is 10.1. The Morgan fingerprint density at radius 1 is 1.28 bits per heavy atom. The van der Waals surface area contributed by atoms with Crippen molar-refractivity contribution in [2.24, 2.45) is 5.92 Å². The van der Waals surface area contributed by atoms with Crippen molar-refractivity contribution in [2.75, 3.05) is 5.32 Å². The number of fused-ring (bicyclic) bond motifs is 2. The Bertz CT molecular complexity index is 1100.